The first-order valence-electron chi connectivity index (χ1n) is 4.44. The molecule has 0 spiro atoms. The molecule has 1 aromatic rings. The zero-order chi connectivity index (χ0) is 10.6. The van der Waals surface area contributed by atoms with Gasteiger partial charge < -0.3 is 11.1 Å². The van der Waals surface area contributed by atoms with E-state index in [-0.39, 0.29) is 6.04 Å². The van der Waals surface area contributed by atoms with Gasteiger partial charge in [0.25, 0.3) is 0 Å². The topological polar surface area (TPSA) is 50.4 Å². The predicted octanol–water partition coefficient (Wildman–Crippen LogP) is 2.43. The van der Waals surface area contributed by atoms with Gasteiger partial charge in [-0.05, 0) is 60.7 Å². The maximum Gasteiger partial charge on any atom is 0.193 e. The van der Waals surface area contributed by atoms with Crippen molar-refractivity contribution in [3.63, 3.8) is 0 Å². The summed E-state index contributed by atoms with van der Waals surface area (Å²) in [6, 6.07) is 8.21. The first-order chi connectivity index (χ1) is 6.58. The summed E-state index contributed by atoms with van der Waals surface area (Å²) in [4.78, 5) is 4.18. The molecular weight excluding hydrogens is 289 g/mol. The van der Waals surface area contributed by atoms with Gasteiger partial charge in [-0.2, -0.15) is 0 Å². The van der Waals surface area contributed by atoms with Crippen molar-refractivity contribution < 1.29 is 0 Å². The van der Waals surface area contributed by atoms with Gasteiger partial charge in [0.05, 0.1) is 0 Å². The van der Waals surface area contributed by atoms with Gasteiger partial charge in [-0.3, -0.25) is 4.99 Å². The van der Waals surface area contributed by atoms with Crippen molar-refractivity contribution in [1.82, 2.24) is 0 Å². The second-order valence-electron chi connectivity index (χ2n) is 3.24. The van der Waals surface area contributed by atoms with Crippen LogP contribution in [-0.2, 0) is 0 Å². The lowest BCUT2D eigenvalue weighted by Gasteiger charge is -2.06. The molecular formula is C10H14IN3. The first-order valence-corrected chi connectivity index (χ1v) is 5.51. The highest BCUT2D eigenvalue weighted by Crippen LogP contribution is 2.10. The minimum absolute atomic E-state index is 0.214. The molecule has 0 fully saturated rings. The highest BCUT2D eigenvalue weighted by Gasteiger charge is 1.95. The summed E-state index contributed by atoms with van der Waals surface area (Å²) < 4.78 is 1.20. The smallest absolute Gasteiger partial charge is 0.193 e. The van der Waals surface area contributed by atoms with Crippen molar-refractivity contribution >= 4 is 34.2 Å². The molecule has 0 saturated heterocycles. The van der Waals surface area contributed by atoms with E-state index in [1.54, 1.807) is 0 Å². The molecule has 4 heteroatoms. The van der Waals surface area contributed by atoms with Gasteiger partial charge in [0, 0.05) is 15.3 Å². The van der Waals surface area contributed by atoms with Crippen molar-refractivity contribution in [1.29, 1.82) is 0 Å². The molecule has 1 aromatic carbocycles. The molecule has 0 unspecified atom stereocenters. The number of halogens is 1. The monoisotopic (exact) mass is 303 g/mol. The van der Waals surface area contributed by atoms with E-state index in [9.17, 15) is 0 Å². The van der Waals surface area contributed by atoms with Crippen LogP contribution in [0.5, 0.6) is 0 Å². The number of nitrogens with two attached hydrogens (primary N) is 1. The molecule has 0 amide bonds. The third-order valence-corrected chi connectivity index (χ3v) is 2.23. The van der Waals surface area contributed by atoms with Crippen molar-refractivity contribution in [2.24, 2.45) is 10.7 Å². The summed E-state index contributed by atoms with van der Waals surface area (Å²) in [5.41, 5.74) is 6.65. The Labute approximate surface area is 97.9 Å². The van der Waals surface area contributed by atoms with E-state index in [4.69, 9.17) is 5.73 Å². The Morgan fingerprint density at radius 1 is 1.36 bits per heavy atom. The lowest BCUT2D eigenvalue weighted by Crippen LogP contribution is -2.23. The molecule has 3 N–H and O–H groups in total. The number of hydrogen-bond acceptors (Lipinski definition) is 1. The van der Waals surface area contributed by atoms with E-state index >= 15 is 0 Å². The molecule has 0 atom stereocenters. The van der Waals surface area contributed by atoms with Crippen LogP contribution in [0.2, 0.25) is 0 Å². The fourth-order valence-corrected chi connectivity index (χ4v) is 1.35. The van der Waals surface area contributed by atoms with E-state index in [2.05, 4.69) is 32.9 Å². The maximum atomic E-state index is 5.68. The van der Waals surface area contributed by atoms with Crippen molar-refractivity contribution in [3.05, 3.63) is 27.8 Å². The number of aliphatic imine (C=N–C) groups is 1. The molecule has 0 aromatic heterocycles. The number of hydrogen-bond donors (Lipinski definition) is 2. The molecule has 14 heavy (non-hydrogen) atoms. The van der Waals surface area contributed by atoms with E-state index in [0.29, 0.717) is 5.96 Å². The predicted molar refractivity (Wildman–Crippen MR) is 69.5 cm³/mol. The molecule has 76 valence electrons. The van der Waals surface area contributed by atoms with E-state index in [1.165, 1.54) is 3.57 Å². The molecule has 0 aliphatic heterocycles. The highest BCUT2D eigenvalue weighted by atomic mass is 127. The number of nitrogens with one attached hydrogen (secondary N) is 1. The zero-order valence-electron chi connectivity index (χ0n) is 8.29. The van der Waals surface area contributed by atoms with Crippen LogP contribution in [0.1, 0.15) is 13.8 Å². The quantitative estimate of drug-likeness (QED) is 0.501. The largest absolute Gasteiger partial charge is 0.370 e. The van der Waals surface area contributed by atoms with Crippen LogP contribution in [0.25, 0.3) is 0 Å². The van der Waals surface area contributed by atoms with Gasteiger partial charge in [0.2, 0.25) is 0 Å². The average molecular weight is 303 g/mol. The first kappa shape index (κ1) is 11.3. The Kier molecular flexibility index (Phi) is 4.19. The van der Waals surface area contributed by atoms with Gasteiger partial charge in [0.15, 0.2) is 5.96 Å². The van der Waals surface area contributed by atoms with Crippen molar-refractivity contribution in [3.8, 4) is 0 Å². The summed E-state index contributed by atoms with van der Waals surface area (Å²) in [6.45, 7) is 3.98. The maximum absolute atomic E-state index is 5.68. The second kappa shape index (κ2) is 5.19. The Bertz CT molecular complexity index is 317. The number of nitrogens with zero attached hydrogens (tertiary/aromatic N) is 1. The minimum Gasteiger partial charge on any atom is -0.370 e. The normalized spacial score (nSPS) is 11.9. The van der Waals surface area contributed by atoms with Crippen LogP contribution in [0.15, 0.2) is 29.3 Å². The second-order valence-corrected chi connectivity index (χ2v) is 4.49. The Morgan fingerprint density at radius 2 is 1.93 bits per heavy atom. The van der Waals surface area contributed by atoms with E-state index in [0.717, 1.165) is 5.69 Å². The molecule has 0 radical (unpaired) electrons. The van der Waals surface area contributed by atoms with E-state index in [1.807, 2.05) is 38.1 Å². The van der Waals surface area contributed by atoms with Crippen LogP contribution >= 0.6 is 22.6 Å². The van der Waals surface area contributed by atoms with Crippen LogP contribution in [-0.4, -0.2) is 12.0 Å². The fourth-order valence-electron chi connectivity index (χ4n) is 0.992. The van der Waals surface area contributed by atoms with Crippen LogP contribution in [0.3, 0.4) is 0 Å². The Hall–Kier alpha value is -0.780. The van der Waals surface area contributed by atoms with E-state index < -0.39 is 0 Å². The minimum atomic E-state index is 0.214. The Morgan fingerprint density at radius 3 is 2.43 bits per heavy atom. The third kappa shape index (κ3) is 3.95. The lowest BCUT2D eigenvalue weighted by molar-refractivity contribution is 0.833. The summed E-state index contributed by atoms with van der Waals surface area (Å²) in [7, 11) is 0. The Balaban J connectivity index is 2.65. The standard InChI is InChI=1S/C10H14IN3/c1-7(2)13-10(12)14-9-5-3-8(11)4-6-9/h3-7H,1-2H3,(H3,12,13,14). The molecule has 0 aliphatic rings. The highest BCUT2D eigenvalue weighted by molar-refractivity contribution is 14.1. The molecule has 0 aliphatic carbocycles. The van der Waals surface area contributed by atoms with Crippen molar-refractivity contribution in [2.75, 3.05) is 5.32 Å². The third-order valence-electron chi connectivity index (χ3n) is 1.51. The molecule has 0 heterocycles. The van der Waals surface area contributed by atoms with Gasteiger partial charge in [0.1, 0.15) is 0 Å². The van der Waals surface area contributed by atoms with Gasteiger partial charge >= 0.3 is 0 Å². The summed E-state index contributed by atoms with van der Waals surface area (Å²) in [5, 5.41) is 3.02. The van der Waals surface area contributed by atoms with Crippen LogP contribution in [0.4, 0.5) is 5.69 Å². The summed E-state index contributed by atoms with van der Waals surface area (Å²) >= 11 is 2.26. The van der Waals surface area contributed by atoms with Gasteiger partial charge in [-0.15, -0.1) is 0 Å². The molecule has 0 saturated carbocycles. The number of rotatable bonds is 2. The number of guanidine groups is 1. The average Bonchev–Trinajstić information content (AvgIpc) is 2.07. The van der Waals surface area contributed by atoms with Gasteiger partial charge in [-0.25, -0.2) is 0 Å². The number of benzene rings is 1. The van der Waals surface area contributed by atoms with Gasteiger partial charge in [-0.1, -0.05) is 0 Å². The summed E-state index contributed by atoms with van der Waals surface area (Å²) in [6.07, 6.45) is 0. The number of anilines is 1. The van der Waals surface area contributed by atoms with Crippen LogP contribution in [0, 0.1) is 3.57 Å². The molecule has 3 nitrogen and oxygen atoms in total. The zero-order valence-corrected chi connectivity index (χ0v) is 10.4. The summed E-state index contributed by atoms with van der Waals surface area (Å²) in [5.74, 6) is 0.459. The van der Waals surface area contributed by atoms with Crippen LogP contribution < -0.4 is 11.1 Å². The molecule has 0 bridgehead atoms. The fraction of sp³-hybridized carbons (Fsp3) is 0.300. The lowest BCUT2D eigenvalue weighted by atomic mass is 10.3. The van der Waals surface area contributed by atoms with Crippen molar-refractivity contribution in [2.45, 2.75) is 19.9 Å². The molecule has 1 rings (SSSR count). The SMILES string of the molecule is CC(C)N=C(N)Nc1ccc(I)cc1.